The minimum Gasteiger partial charge on any atom is -0.508 e. The topological polar surface area (TPSA) is 102 Å². The van der Waals surface area contributed by atoms with Crippen LogP contribution in [-0.4, -0.2) is 26.6 Å². The number of nitrogens with two attached hydrogens (primary N) is 1. The van der Waals surface area contributed by atoms with Crippen molar-refractivity contribution in [3.05, 3.63) is 60.7 Å². The normalized spacial score (nSPS) is 12.2. The zero-order valence-electron chi connectivity index (χ0n) is 10.9. The lowest BCUT2D eigenvalue weighted by Gasteiger charge is -1.93. The van der Waals surface area contributed by atoms with Crippen molar-refractivity contribution in [3.8, 4) is 5.75 Å². The molecule has 108 valence electrons. The van der Waals surface area contributed by atoms with E-state index in [-0.39, 0.29) is 4.90 Å². The minimum absolute atomic E-state index is 0.148. The molecule has 4 N–H and O–H groups in total. The van der Waals surface area contributed by atoms with Crippen LogP contribution in [0.15, 0.2) is 65.6 Å². The summed E-state index contributed by atoms with van der Waals surface area (Å²) in [6, 6.07) is 16.6. The molecule has 0 unspecified atom stereocenters. The molecule has 1 aliphatic heterocycles. The molecular formula is C14H18N2O3S. The molecule has 0 atom stereocenters. The number of nitrogens with one attached hydrogen (secondary N) is 1. The van der Waals surface area contributed by atoms with Crippen LogP contribution in [0.4, 0.5) is 0 Å². The van der Waals surface area contributed by atoms with Crippen molar-refractivity contribution in [1.82, 2.24) is 5.32 Å². The molecule has 0 spiro atoms. The van der Waals surface area contributed by atoms with Crippen molar-refractivity contribution >= 4 is 10.0 Å². The fourth-order valence-corrected chi connectivity index (χ4v) is 1.57. The van der Waals surface area contributed by atoms with Gasteiger partial charge in [0.25, 0.3) is 0 Å². The fraction of sp³-hybridized carbons (Fsp3) is 0.143. The van der Waals surface area contributed by atoms with Gasteiger partial charge in [-0.2, -0.15) is 0 Å². The standard InChI is InChI=1S/C6H7NO2S.C6H6O.C2H5N/c7-10(8,9)6-4-2-1-3-5-6;7-6-4-2-1-3-5-6;1-2-3-1/h1-5H,(H2,7,8,9);1-5,7H;3H,1-2H2. The molecule has 0 aromatic heterocycles. The lowest BCUT2D eigenvalue weighted by Crippen LogP contribution is -2.11. The van der Waals surface area contributed by atoms with Crippen LogP contribution in [-0.2, 0) is 10.0 Å². The van der Waals surface area contributed by atoms with E-state index in [9.17, 15) is 8.42 Å². The number of rotatable bonds is 1. The van der Waals surface area contributed by atoms with Gasteiger partial charge in [-0.3, -0.25) is 0 Å². The van der Waals surface area contributed by atoms with Crippen LogP contribution in [0.1, 0.15) is 0 Å². The van der Waals surface area contributed by atoms with Crippen LogP contribution in [0, 0.1) is 0 Å². The SMILES string of the molecule is C1CN1.NS(=O)(=O)c1ccccc1.Oc1ccccc1. The van der Waals surface area contributed by atoms with E-state index < -0.39 is 10.0 Å². The summed E-state index contributed by atoms with van der Waals surface area (Å²) in [5, 5.41) is 16.5. The Morgan fingerprint density at radius 1 is 0.900 bits per heavy atom. The second kappa shape index (κ2) is 8.31. The maximum atomic E-state index is 10.6. The van der Waals surface area contributed by atoms with Gasteiger partial charge in [0.15, 0.2) is 0 Å². The van der Waals surface area contributed by atoms with E-state index >= 15 is 0 Å². The van der Waals surface area contributed by atoms with Crippen molar-refractivity contribution < 1.29 is 13.5 Å². The third-order valence-corrected chi connectivity index (χ3v) is 3.01. The van der Waals surface area contributed by atoms with Crippen LogP contribution in [0.5, 0.6) is 5.75 Å². The van der Waals surface area contributed by atoms with Gasteiger partial charge in [-0.15, -0.1) is 0 Å². The number of primary sulfonamides is 1. The van der Waals surface area contributed by atoms with Gasteiger partial charge in [-0.25, -0.2) is 13.6 Å². The second-order valence-electron chi connectivity index (χ2n) is 3.94. The summed E-state index contributed by atoms with van der Waals surface area (Å²) in [4.78, 5) is 0.148. The highest BCUT2D eigenvalue weighted by molar-refractivity contribution is 7.89. The van der Waals surface area contributed by atoms with Crippen LogP contribution in [0.25, 0.3) is 0 Å². The summed E-state index contributed by atoms with van der Waals surface area (Å²) in [7, 11) is -3.50. The van der Waals surface area contributed by atoms with E-state index in [1.165, 1.54) is 25.2 Å². The Bertz CT molecular complexity index is 582. The summed E-state index contributed by atoms with van der Waals surface area (Å²) < 4.78 is 21.2. The van der Waals surface area contributed by atoms with Gasteiger partial charge in [-0.1, -0.05) is 36.4 Å². The Labute approximate surface area is 119 Å². The summed E-state index contributed by atoms with van der Waals surface area (Å²) in [5.74, 6) is 0.322. The monoisotopic (exact) mass is 294 g/mol. The molecule has 0 bridgehead atoms. The zero-order valence-corrected chi connectivity index (χ0v) is 11.8. The molecule has 3 rings (SSSR count). The third kappa shape index (κ3) is 8.25. The van der Waals surface area contributed by atoms with E-state index in [4.69, 9.17) is 10.2 Å². The van der Waals surface area contributed by atoms with E-state index in [1.807, 2.05) is 6.07 Å². The first-order chi connectivity index (χ1) is 9.50. The van der Waals surface area contributed by atoms with Crippen LogP contribution < -0.4 is 10.5 Å². The molecule has 5 nitrogen and oxygen atoms in total. The van der Waals surface area contributed by atoms with Gasteiger partial charge in [0, 0.05) is 13.1 Å². The second-order valence-corrected chi connectivity index (χ2v) is 5.51. The Hall–Kier alpha value is -1.89. The Kier molecular flexibility index (Phi) is 6.72. The van der Waals surface area contributed by atoms with Gasteiger partial charge < -0.3 is 10.4 Å². The van der Waals surface area contributed by atoms with Crippen LogP contribution >= 0.6 is 0 Å². The number of phenols is 1. The summed E-state index contributed by atoms with van der Waals surface area (Å²) >= 11 is 0. The Morgan fingerprint density at radius 3 is 1.50 bits per heavy atom. The number of benzene rings is 2. The Balaban J connectivity index is 0.000000171. The average Bonchev–Trinajstić information content (AvgIpc) is 3.29. The van der Waals surface area contributed by atoms with Crippen molar-refractivity contribution in [2.45, 2.75) is 4.90 Å². The molecule has 1 fully saturated rings. The molecule has 2 aromatic rings. The van der Waals surface area contributed by atoms with E-state index in [2.05, 4.69) is 5.32 Å². The largest absolute Gasteiger partial charge is 0.508 e. The van der Waals surface area contributed by atoms with Crippen molar-refractivity contribution in [2.24, 2.45) is 5.14 Å². The molecule has 1 aliphatic rings. The molecule has 1 saturated heterocycles. The average molecular weight is 294 g/mol. The fourth-order valence-electron chi connectivity index (χ4n) is 1.04. The third-order valence-electron chi connectivity index (χ3n) is 2.08. The quantitative estimate of drug-likeness (QED) is 0.690. The minimum atomic E-state index is -3.50. The van der Waals surface area contributed by atoms with Crippen molar-refractivity contribution in [1.29, 1.82) is 0 Å². The highest BCUT2D eigenvalue weighted by Gasteiger charge is 2.03. The highest BCUT2D eigenvalue weighted by Crippen LogP contribution is 2.03. The number of sulfonamides is 1. The predicted molar refractivity (Wildman–Crippen MR) is 78.8 cm³/mol. The lowest BCUT2D eigenvalue weighted by molar-refractivity contribution is 0.475. The zero-order chi connectivity index (χ0) is 14.8. The predicted octanol–water partition coefficient (Wildman–Crippen LogP) is 1.32. The smallest absolute Gasteiger partial charge is 0.238 e. The van der Waals surface area contributed by atoms with Gasteiger partial charge in [-0.05, 0) is 24.3 Å². The van der Waals surface area contributed by atoms with Gasteiger partial charge >= 0.3 is 0 Å². The summed E-state index contributed by atoms with van der Waals surface area (Å²) in [5.41, 5.74) is 0. The van der Waals surface area contributed by atoms with Gasteiger partial charge in [0.1, 0.15) is 5.75 Å². The first-order valence-corrected chi connectivity index (χ1v) is 7.57. The number of hydrogen-bond acceptors (Lipinski definition) is 4. The van der Waals surface area contributed by atoms with Gasteiger partial charge in [0.05, 0.1) is 4.90 Å². The molecule has 1 heterocycles. The van der Waals surface area contributed by atoms with Crippen molar-refractivity contribution in [2.75, 3.05) is 13.1 Å². The lowest BCUT2D eigenvalue weighted by atomic mass is 10.3. The summed E-state index contributed by atoms with van der Waals surface area (Å²) in [6.45, 7) is 2.50. The number of hydrogen-bond donors (Lipinski definition) is 3. The van der Waals surface area contributed by atoms with Crippen LogP contribution in [0.3, 0.4) is 0 Å². The first kappa shape index (κ1) is 16.2. The molecule has 0 amide bonds. The van der Waals surface area contributed by atoms with E-state index in [1.54, 1.807) is 42.5 Å². The van der Waals surface area contributed by atoms with E-state index in [0.29, 0.717) is 5.75 Å². The maximum Gasteiger partial charge on any atom is 0.238 e. The van der Waals surface area contributed by atoms with Crippen LogP contribution in [0.2, 0.25) is 0 Å². The molecule has 2 aromatic carbocycles. The number of phenolic OH excluding ortho intramolecular Hbond substituents is 1. The highest BCUT2D eigenvalue weighted by atomic mass is 32.2. The maximum absolute atomic E-state index is 10.6. The molecule has 0 saturated carbocycles. The van der Waals surface area contributed by atoms with Gasteiger partial charge in [0.2, 0.25) is 10.0 Å². The number of para-hydroxylation sites is 1. The van der Waals surface area contributed by atoms with E-state index in [0.717, 1.165) is 0 Å². The molecule has 20 heavy (non-hydrogen) atoms. The van der Waals surface area contributed by atoms with Crippen molar-refractivity contribution in [3.63, 3.8) is 0 Å². The first-order valence-electron chi connectivity index (χ1n) is 6.03. The Morgan fingerprint density at radius 2 is 1.30 bits per heavy atom. The molecule has 6 heteroatoms. The molecule has 0 aliphatic carbocycles. The molecule has 0 radical (unpaired) electrons. The number of aromatic hydroxyl groups is 1. The summed E-state index contributed by atoms with van der Waals surface area (Å²) in [6.07, 6.45) is 0. The molecular weight excluding hydrogens is 276 g/mol.